The van der Waals surface area contributed by atoms with E-state index in [1.165, 1.54) is 18.4 Å². The fourth-order valence-corrected chi connectivity index (χ4v) is 1.55. The molecule has 1 atom stereocenters. The first kappa shape index (κ1) is 11.5. The maximum Gasteiger partial charge on any atom is 0.0925 e. The van der Waals surface area contributed by atoms with Crippen LogP contribution in [0.5, 0.6) is 0 Å². The van der Waals surface area contributed by atoms with E-state index in [1.807, 2.05) is 12.1 Å². The van der Waals surface area contributed by atoms with Gasteiger partial charge in [0.1, 0.15) is 0 Å². The van der Waals surface area contributed by atoms with Crippen LogP contribution in [0.4, 0.5) is 0 Å². The molecule has 0 bridgehead atoms. The lowest BCUT2D eigenvalue weighted by Gasteiger charge is -2.07. The Bertz CT molecular complexity index is 256. The number of hydrogen-bond acceptors (Lipinski definition) is 1. The molecule has 0 unspecified atom stereocenters. The number of halogens is 1. The van der Waals surface area contributed by atoms with Crippen LogP contribution in [-0.4, -0.2) is 11.0 Å². The Labute approximate surface area is 90.7 Å². The van der Waals surface area contributed by atoms with E-state index >= 15 is 0 Å². The molecule has 2 heteroatoms. The van der Waals surface area contributed by atoms with Crippen LogP contribution in [0.15, 0.2) is 24.3 Å². The van der Waals surface area contributed by atoms with Gasteiger partial charge in [0, 0.05) is 0 Å². The van der Waals surface area contributed by atoms with Gasteiger partial charge in [0.15, 0.2) is 0 Å². The Morgan fingerprint density at radius 1 is 1.29 bits per heavy atom. The topological polar surface area (TPSA) is 20.2 Å². The van der Waals surface area contributed by atoms with E-state index in [0.29, 0.717) is 0 Å². The molecule has 1 N–H and O–H groups in total. The van der Waals surface area contributed by atoms with E-state index in [-0.39, 0.29) is 5.88 Å². The zero-order valence-electron chi connectivity index (χ0n) is 8.54. The molecule has 0 fully saturated rings. The standard InChI is InChI=1S/C12H17ClO/c1-2-3-4-10-5-7-11(8-6-10)12(14)9-13/h5-8,12,14H,2-4,9H2,1H3/t12-/m0/s1. The van der Waals surface area contributed by atoms with Gasteiger partial charge in [0.05, 0.1) is 12.0 Å². The average molecular weight is 213 g/mol. The third-order valence-electron chi connectivity index (χ3n) is 2.33. The maximum absolute atomic E-state index is 9.46. The summed E-state index contributed by atoms with van der Waals surface area (Å²) in [5.41, 5.74) is 2.23. The highest BCUT2D eigenvalue weighted by atomic mass is 35.5. The molecule has 0 saturated heterocycles. The van der Waals surface area contributed by atoms with Crippen molar-refractivity contribution < 1.29 is 5.11 Å². The van der Waals surface area contributed by atoms with Gasteiger partial charge in [-0.15, -0.1) is 11.6 Å². The van der Waals surface area contributed by atoms with E-state index in [4.69, 9.17) is 11.6 Å². The summed E-state index contributed by atoms with van der Waals surface area (Å²) in [4.78, 5) is 0. The molecule has 0 aliphatic heterocycles. The molecule has 1 aromatic carbocycles. The number of aliphatic hydroxyl groups excluding tert-OH is 1. The molecular weight excluding hydrogens is 196 g/mol. The Hall–Kier alpha value is -0.530. The lowest BCUT2D eigenvalue weighted by molar-refractivity contribution is 0.202. The van der Waals surface area contributed by atoms with Crippen LogP contribution in [-0.2, 0) is 6.42 Å². The molecule has 1 aromatic rings. The van der Waals surface area contributed by atoms with Crippen molar-refractivity contribution in [1.82, 2.24) is 0 Å². The van der Waals surface area contributed by atoms with Gasteiger partial charge in [-0.05, 0) is 24.0 Å². The zero-order valence-corrected chi connectivity index (χ0v) is 9.30. The lowest BCUT2D eigenvalue weighted by Crippen LogP contribution is -1.98. The predicted octanol–water partition coefficient (Wildman–Crippen LogP) is 3.30. The lowest BCUT2D eigenvalue weighted by atomic mass is 10.0. The minimum atomic E-state index is -0.531. The van der Waals surface area contributed by atoms with Crippen molar-refractivity contribution in [2.75, 3.05) is 5.88 Å². The van der Waals surface area contributed by atoms with Gasteiger partial charge in [-0.3, -0.25) is 0 Å². The number of alkyl halides is 1. The van der Waals surface area contributed by atoms with Crippen LogP contribution >= 0.6 is 11.6 Å². The number of rotatable bonds is 5. The summed E-state index contributed by atoms with van der Waals surface area (Å²) >= 11 is 5.56. The van der Waals surface area contributed by atoms with Crippen molar-refractivity contribution in [1.29, 1.82) is 0 Å². The van der Waals surface area contributed by atoms with Crippen molar-refractivity contribution in [3.05, 3.63) is 35.4 Å². The number of hydrogen-bond donors (Lipinski definition) is 1. The SMILES string of the molecule is CCCCc1ccc([C@@H](O)CCl)cc1. The van der Waals surface area contributed by atoms with Crippen molar-refractivity contribution in [2.24, 2.45) is 0 Å². The monoisotopic (exact) mass is 212 g/mol. The number of unbranched alkanes of at least 4 members (excludes halogenated alkanes) is 1. The van der Waals surface area contributed by atoms with Gasteiger partial charge >= 0.3 is 0 Å². The predicted molar refractivity (Wildman–Crippen MR) is 60.7 cm³/mol. The van der Waals surface area contributed by atoms with Crippen LogP contribution in [0.2, 0.25) is 0 Å². The number of aryl methyl sites for hydroxylation is 1. The summed E-state index contributed by atoms with van der Waals surface area (Å²) in [6.45, 7) is 2.19. The third-order valence-corrected chi connectivity index (χ3v) is 2.62. The molecule has 0 radical (unpaired) electrons. The molecular formula is C12H17ClO. The minimum Gasteiger partial charge on any atom is -0.387 e. The Balaban J connectivity index is 2.59. The van der Waals surface area contributed by atoms with Crippen molar-refractivity contribution in [3.8, 4) is 0 Å². The molecule has 0 aromatic heterocycles. The average Bonchev–Trinajstić information content (AvgIpc) is 2.26. The van der Waals surface area contributed by atoms with E-state index in [9.17, 15) is 5.11 Å². The van der Waals surface area contributed by atoms with Crippen molar-refractivity contribution in [3.63, 3.8) is 0 Å². The normalized spacial score (nSPS) is 12.8. The van der Waals surface area contributed by atoms with Gasteiger partial charge in [-0.1, -0.05) is 37.6 Å². The van der Waals surface area contributed by atoms with E-state index in [0.717, 1.165) is 12.0 Å². The van der Waals surface area contributed by atoms with Crippen LogP contribution in [0.1, 0.15) is 37.0 Å². The minimum absolute atomic E-state index is 0.258. The van der Waals surface area contributed by atoms with Gasteiger partial charge < -0.3 is 5.11 Å². The Morgan fingerprint density at radius 2 is 1.93 bits per heavy atom. The Morgan fingerprint density at radius 3 is 2.43 bits per heavy atom. The highest BCUT2D eigenvalue weighted by Crippen LogP contribution is 2.15. The number of benzene rings is 1. The summed E-state index contributed by atoms with van der Waals surface area (Å²) in [5, 5.41) is 9.46. The van der Waals surface area contributed by atoms with Gasteiger partial charge in [0.25, 0.3) is 0 Å². The molecule has 1 rings (SSSR count). The Kier molecular flexibility index (Phi) is 4.99. The highest BCUT2D eigenvalue weighted by Gasteiger charge is 2.04. The van der Waals surface area contributed by atoms with Gasteiger partial charge in [-0.25, -0.2) is 0 Å². The molecule has 78 valence electrons. The fourth-order valence-electron chi connectivity index (χ4n) is 1.38. The van der Waals surface area contributed by atoms with Crippen molar-refractivity contribution >= 4 is 11.6 Å². The largest absolute Gasteiger partial charge is 0.387 e. The molecule has 0 aliphatic rings. The second-order valence-electron chi connectivity index (χ2n) is 3.52. The fraction of sp³-hybridized carbons (Fsp3) is 0.500. The van der Waals surface area contributed by atoms with Crippen LogP contribution < -0.4 is 0 Å². The maximum atomic E-state index is 9.46. The van der Waals surface area contributed by atoms with Crippen LogP contribution in [0.25, 0.3) is 0 Å². The summed E-state index contributed by atoms with van der Waals surface area (Å²) in [7, 11) is 0. The van der Waals surface area contributed by atoms with E-state index < -0.39 is 6.10 Å². The first-order chi connectivity index (χ1) is 6.77. The van der Waals surface area contributed by atoms with E-state index in [1.54, 1.807) is 0 Å². The summed E-state index contributed by atoms with van der Waals surface area (Å²) in [5.74, 6) is 0.258. The first-order valence-electron chi connectivity index (χ1n) is 5.10. The molecule has 0 saturated carbocycles. The third kappa shape index (κ3) is 3.32. The van der Waals surface area contributed by atoms with E-state index in [2.05, 4.69) is 19.1 Å². The summed E-state index contributed by atoms with van der Waals surface area (Å²) < 4.78 is 0. The van der Waals surface area contributed by atoms with Crippen LogP contribution in [0.3, 0.4) is 0 Å². The summed E-state index contributed by atoms with van der Waals surface area (Å²) in [6.07, 6.45) is 3.02. The van der Waals surface area contributed by atoms with Gasteiger partial charge in [0.2, 0.25) is 0 Å². The van der Waals surface area contributed by atoms with Gasteiger partial charge in [-0.2, -0.15) is 0 Å². The second-order valence-corrected chi connectivity index (χ2v) is 3.82. The van der Waals surface area contributed by atoms with Crippen molar-refractivity contribution in [2.45, 2.75) is 32.3 Å². The molecule has 0 aliphatic carbocycles. The zero-order chi connectivity index (χ0) is 10.4. The summed E-state index contributed by atoms with van der Waals surface area (Å²) in [6, 6.07) is 8.05. The highest BCUT2D eigenvalue weighted by molar-refractivity contribution is 6.18. The quantitative estimate of drug-likeness (QED) is 0.743. The molecule has 0 amide bonds. The molecule has 14 heavy (non-hydrogen) atoms. The molecule has 0 heterocycles. The first-order valence-corrected chi connectivity index (χ1v) is 5.64. The molecule has 0 spiro atoms. The van der Waals surface area contributed by atoms with Crippen LogP contribution in [0, 0.1) is 0 Å². The number of aliphatic hydroxyl groups is 1. The second kappa shape index (κ2) is 6.05. The smallest absolute Gasteiger partial charge is 0.0925 e. The molecule has 1 nitrogen and oxygen atoms in total.